The van der Waals surface area contributed by atoms with E-state index in [1.54, 1.807) is 13.4 Å². The fraction of sp³-hybridized carbons (Fsp3) is 0.500. The Morgan fingerprint density at radius 2 is 2.00 bits per heavy atom. The van der Waals surface area contributed by atoms with E-state index in [0.29, 0.717) is 13.1 Å². The van der Waals surface area contributed by atoms with Crippen molar-refractivity contribution in [3.63, 3.8) is 0 Å². The lowest BCUT2D eigenvalue weighted by Crippen LogP contribution is -2.56. The number of hydrogen-bond acceptors (Lipinski definition) is 7. The summed E-state index contributed by atoms with van der Waals surface area (Å²) < 4.78 is 5.46. The average molecular weight is 479 g/mol. The number of aliphatic hydroxyl groups excluding tert-OH is 1. The first-order valence-electron chi connectivity index (χ1n) is 12.2. The Bertz CT molecular complexity index is 1190. The molecule has 1 atom stereocenters. The van der Waals surface area contributed by atoms with Crippen molar-refractivity contribution in [3.05, 3.63) is 53.7 Å². The number of hydrogen-bond donors (Lipinski definition) is 2. The van der Waals surface area contributed by atoms with Crippen LogP contribution in [0.4, 0.5) is 0 Å². The minimum Gasteiger partial charge on any atom is -0.497 e. The molecule has 4 heterocycles. The number of H-pyrrole nitrogens is 1. The highest BCUT2D eigenvalue weighted by molar-refractivity contribution is 5.89. The molecule has 0 aliphatic carbocycles. The predicted molar refractivity (Wildman–Crippen MR) is 133 cm³/mol. The molecule has 1 fully saturated rings. The molecule has 5 rings (SSSR count). The number of aromatic nitrogens is 3. The van der Waals surface area contributed by atoms with E-state index in [1.807, 2.05) is 48.4 Å². The number of aromatic amines is 1. The summed E-state index contributed by atoms with van der Waals surface area (Å²) in [5.41, 5.74) is 4.12. The lowest BCUT2D eigenvalue weighted by molar-refractivity contribution is -0.138. The van der Waals surface area contributed by atoms with E-state index in [9.17, 15) is 9.90 Å². The molecule has 3 aromatic rings. The van der Waals surface area contributed by atoms with Crippen LogP contribution in [0.1, 0.15) is 35.7 Å². The second-order valence-corrected chi connectivity index (χ2v) is 10.1. The Balaban J connectivity index is 1.53. The summed E-state index contributed by atoms with van der Waals surface area (Å²) in [5.74, 6) is 0.824. The van der Waals surface area contributed by atoms with E-state index >= 15 is 0 Å². The van der Waals surface area contributed by atoms with Crippen LogP contribution in [0.15, 0.2) is 36.9 Å². The van der Waals surface area contributed by atoms with E-state index in [1.165, 1.54) is 5.56 Å². The van der Waals surface area contributed by atoms with Gasteiger partial charge in [0.2, 0.25) is 5.91 Å². The van der Waals surface area contributed by atoms with E-state index in [4.69, 9.17) is 4.74 Å². The standard InChI is InChI=1S/C26H34N6O3/c1-30(2)14-23(34)32-16-26(6-8-31(9-7-26)13-18-11-27-17-28-12-18)24-20-5-4-19(35-3)10-21(20)29-25(24)22(32)15-33/h4-5,10-12,17,22,29,33H,6-9,13-16H2,1-3H3/t22-/m0/s1. The highest BCUT2D eigenvalue weighted by Gasteiger charge is 2.48. The number of rotatable bonds is 6. The van der Waals surface area contributed by atoms with Gasteiger partial charge in [0.1, 0.15) is 12.1 Å². The third kappa shape index (κ3) is 4.39. The third-order valence-electron chi connectivity index (χ3n) is 7.53. The molecule has 35 heavy (non-hydrogen) atoms. The summed E-state index contributed by atoms with van der Waals surface area (Å²) in [6.45, 7) is 3.45. The molecule has 0 bridgehead atoms. The van der Waals surface area contributed by atoms with Gasteiger partial charge in [-0.25, -0.2) is 9.97 Å². The van der Waals surface area contributed by atoms with Gasteiger partial charge in [-0.1, -0.05) is 0 Å². The predicted octanol–water partition coefficient (Wildman–Crippen LogP) is 1.94. The average Bonchev–Trinajstić information content (AvgIpc) is 3.25. The smallest absolute Gasteiger partial charge is 0.237 e. The van der Waals surface area contributed by atoms with Crippen LogP contribution in [0.5, 0.6) is 5.75 Å². The number of methoxy groups -OCH3 is 1. The lowest BCUT2D eigenvalue weighted by atomic mass is 9.68. The molecular formula is C26H34N6O3. The van der Waals surface area contributed by atoms with E-state index in [0.717, 1.165) is 60.4 Å². The molecular weight excluding hydrogens is 444 g/mol. The van der Waals surface area contributed by atoms with Gasteiger partial charge < -0.3 is 24.6 Å². The number of carbonyl (C=O) groups is 1. The third-order valence-corrected chi connectivity index (χ3v) is 7.53. The molecule has 0 radical (unpaired) electrons. The van der Waals surface area contributed by atoms with E-state index in [2.05, 4.69) is 25.9 Å². The summed E-state index contributed by atoms with van der Waals surface area (Å²) >= 11 is 0. The molecule has 0 unspecified atom stereocenters. The molecule has 2 aliphatic rings. The molecule has 1 spiro atoms. The summed E-state index contributed by atoms with van der Waals surface area (Å²) in [6, 6.07) is 5.73. The quantitative estimate of drug-likeness (QED) is 0.559. The monoisotopic (exact) mass is 478 g/mol. The van der Waals surface area contributed by atoms with E-state index in [-0.39, 0.29) is 24.0 Å². The fourth-order valence-electron chi connectivity index (χ4n) is 5.85. The molecule has 9 nitrogen and oxygen atoms in total. The SMILES string of the molecule is COc1ccc2c3c([nH]c2c1)[C@H](CO)N(C(=O)CN(C)C)CC31CCN(Cc2cncnc2)CC1. The van der Waals surface area contributed by atoms with Crippen LogP contribution in [-0.4, -0.2) is 94.7 Å². The summed E-state index contributed by atoms with van der Waals surface area (Å²) in [7, 11) is 5.47. The second kappa shape index (κ2) is 9.56. The van der Waals surface area contributed by atoms with Crippen LogP contribution >= 0.6 is 0 Å². The van der Waals surface area contributed by atoms with Gasteiger partial charge in [-0.2, -0.15) is 0 Å². The summed E-state index contributed by atoms with van der Waals surface area (Å²) in [6.07, 6.45) is 7.15. The highest BCUT2D eigenvalue weighted by Crippen LogP contribution is 2.49. The van der Waals surface area contributed by atoms with Crippen LogP contribution in [0, 0.1) is 0 Å². The molecule has 0 saturated carbocycles. The summed E-state index contributed by atoms with van der Waals surface area (Å²) in [4.78, 5) is 31.5. The first-order chi connectivity index (χ1) is 16.9. The van der Waals surface area contributed by atoms with E-state index < -0.39 is 0 Å². The maximum atomic E-state index is 13.3. The van der Waals surface area contributed by atoms with Crippen LogP contribution < -0.4 is 4.74 Å². The number of nitrogens with one attached hydrogen (secondary N) is 1. The second-order valence-electron chi connectivity index (χ2n) is 10.1. The van der Waals surface area contributed by atoms with Crippen molar-refractivity contribution in [2.45, 2.75) is 30.8 Å². The van der Waals surface area contributed by atoms with Gasteiger partial charge in [0.15, 0.2) is 0 Å². The van der Waals surface area contributed by atoms with Gasteiger partial charge in [-0.3, -0.25) is 9.69 Å². The normalized spacial score (nSPS) is 19.9. The molecule has 2 aromatic heterocycles. The number of piperidine rings is 1. The number of benzene rings is 1. The topological polar surface area (TPSA) is 97.8 Å². The van der Waals surface area contributed by atoms with Crippen LogP contribution in [0.25, 0.3) is 10.9 Å². The first-order valence-corrected chi connectivity index (χ1v) is 12.2. The minimum absolute atomic E-state index is 0.0409. The minimum atomic E-state index is -0.388. The molecule has 2 N–H and O–H groups in total. The molecule has 9 heteroatoms. The maximum absolute atomic E-state index is 13.3. The van der Waals surface area contributed by atoms with Crippen molar-refractivity contribution in [1.29, 1.82) is 0 Å². The largest absolute Gasteiger partial charge is 0.497 e. The number of likely N-dealkylation sites (N-methyl/N-ethyl adjacent to an activating group) is 1. The number of likely N-dealkylation sites (tertiary alicyclic amines) is 1. The maximum Gasteiger partial charge on any atom is 0.237 e. The Morgan fingerprint density at radius 1 is 1.26 bits per heavy atom. The zero-order valence-corrected chi connectivity index (χ0v) is 20.7. The number of amides is 1. The lowest BCUT2D eigenvalue weighted by Gasteiger charge is -2.50. The van der Waals surface area contributed by atoms with Crippen LogP contribution in [0.3, 0.4) is 0 Å². The van der Waals surface area contributed by atoms with Gasteiger partial charge in [0, 0.05) is 59.1 Å². The Morgan fingerprint density at radius 3 is 2.66 bits per heavy atom. The van der Waals surface area contributed by atoms with Crippen molar-refractivity contribution in [2.24, 2.45) is 0 Å². The van der Waals surface area contributed by atoms with Gasteiger partial charge >= 0.3 is 0 Å². The molecule has 2 aliphatic heterocycles. The Kier molecular flexibility index (Phi) is 6.48. The summed E-state index contributed by atoms with van der Waals surface area (Å²) in [5, 5.41) is 11.6. The first kappa shape index (κ1) is 23.7. The van der Waals surface area contributed by atoms with Gasteiger partial charge in [0.05, 0.1) is 26.3 Å². The molecule has 186 valence electrons. The van der Waals surface area contributed by atoms with Crippen molar-refractivity contribution < 1.29 is 14.6 Å². The van der Waals surface area contributed by atoms with Crippen LogP contribution in [0.2, 0.25) is 0 Å². The van der Waals surface area contributed by atoms with Gasteiger partial charge in [0.25, 0.3) is 0 Å². The molecule has 1 aromatic carbocycles. The highest BCUT2D eigenvalue weighted by atomic mass is 16.5. The molecule has 1 saturated heterocycles. The number of nitrogens with zero attached hydrogens (tertiary/aromatic N) is 5. The van der Waals surface area contributed by atoms with Crippen LogP contribution in [-0.2, 0) is 16.8 Å². The fourth-order valence-corrected chi connectivity index (χ4v) is 5.85. The number of ether oxygens (including phenoxy) is 1. The Hall–Kier alpha value is -3.01. The van der Waals surface area contributed by atoms with Crippen molar-refractivity contribution in [1.82, 2.24) is 29.7 Å². The van der Waals surface area contributed by atoms with Gasteiger partial charge in [-0.05, 0) is 57.7 Å². The number of fused-ring (bicyclic) bond motifs is 4. The molecule has 1 amide bonds. The zero-order chi connectivity index (χ0) is 24.6. The van der Waals surface area contributed by atoms with Crippen molar-refractivity contribution in [2.75, 3.05) is 54.0 Å². The van der Waals surface area contributed by atoms with Crippen molar-refractivity contribution >= 4 is 16.8 Å². The number of carbonyl (C=O) groups excluding carboxylic acids is 1. The van der Waals surface area contributed by atoms with Gasteiger partial charge in [-0.15, -0.1) is 0 Å². The number of aliphatic hydroxyl groups is 1. The zero-order valence-electron chi connectivity index (χ0n) is 20.7. The van der Waals surface area contributed by atoms with Crippen molar-refractivity contribution in [3.8, 4) is 5.75 Å². The Labute approximate surface area is 205 Å².